The molecule has 4 rings (SSSR count). The average Bonchev–Trinajstić information content (AvgIpc) is 3.46. The third-order valence-electron chi connectivity index (χ3n) is 4.91. The van der Waals surface area contributed by atoms with Crippen molar-refractivity contribution < 1.29 is 47.6 Å². The second-order valence-electron chi connectivity index (χ2n) is 7.62. The van der Waals surface area contributed by atoms with Crippen LogP contribution >= 0.6 is 0 Å². The SMILES string of the molecule is O=C(Nc1ccc(Cc2ccc(NC(=O)OCC3COC(=O)O3)cc2)cc1)OCC1COC(=O)O1. The van der Waals surface area contributed by atoms with Gasteiger partial charge >= 0.3 is 24.5 Å². The van der Waals surface area contributed by atoms with Gasteiger partial charge in [-0.15, -0.1) is 0 Å². The predicted octanol–water partition coefficient (Wildman–Crippen LogP) is 3.45. The topological polar surface area (TPSA) is 148 Å². The highest BCUT2D eigenvalue weighted by molar-refractivity contribution is 5.85. The van der Waals surface area contributed by atoms with E-state index in [0.717, 1.165) is 11.1 Å². The first-order chi connectivity index (χ1) is 16.9. The van der Waals surface area contributed by atoms with Crippen LogP contribution in [0.4, 0.5) is 30.6 Å². The number of benzene rings is 2. The second-order valence-corrected chi connectivity index (χ2v) is 7.62. The summed E-state index contributed by atoms with van der Waals surface area (Å²) in [6.07, 6.45) is -3.45. The van der Waals surface area contributed by atoms with E-state index in [4.69, 9.17) is 18.9 Å². The fourth-order valence-corrected chi connectivity index (χ4v) is 3.19. The zero-order valence-electron chi connectivity index (χ0n) is 18.4. The summed E-state index contributed by atoms with van der Waals surface area (Å²) >= 11 is 0. The standard InChI is InChI=1S/C23H22N2O10/c26-20(30-10-18-12-32-22(28)34-18)24-16-5-1-14(2-6-16)9-15-3-7-17(8-4-15)25-21(27)31-11-19-13-33-23(29)35-19/h1-8,18-19H,9-13H2,(H,24,26)(H,25,27). The molecular formula is C23H22N2O10. The van der Waals surface area contributed by atoms with E-state index in [9.17, 15) is 19.2 Å². The molecule has 2 fully saturated rings. The molecule has 12 heteroatoms. The molecule has 2 saturated heterocycles. The molecule has 0 aromatic heterocycles. The van der Waals surface area contributed by atoms with Gasteiger partial charge in [-0.05, 0) is 41.8 Å². The number of ether oxygens (including phenoxy) is 6. The maximum absolute atomic E-state index is 11.9. The van der Waals surface area contributed by atoms with Crippen LogP contribution in [0.3, 0.4) is 0 Å². The van der Waals surface area contributed by atoms with Gasteiger partial charge in [0.25, 0.3) is 0 Å². The van der Waals surface area contributed by atoms with E-state index < -0.39 is 36.7 Å². The molecule has 2 atom stereocenters. The second kappa shape index (κ2) is 11.1. The molecule has 12 nitrogen and oxygen atoms in total. The molecule has 2 aliphatic heterocycles. The van der Waals surface area contributed by atoms with Crippen molar-refractivity contribution in [3.8, 4) is 0 Å². The van der Waals surface area contributed by atoms with E-state index in [1.807, 2.05) is 24.3 Å². The van der Waals surface area contributed by atoms with Gasteiger partial charge in [0.05, 0.1) is 0 Å². The number of nitrogens with one attached hydrogen (secondary N) is 2. The maximum atomic E-state index is 11.9. The molecule has 2 unspecified atom stereocenters. The molecule has 2 aromatic carbocycles. The van der Waals surface area contributed by atoms with Crippen molar-refractivity contribution in [1.29, 1.82) is 0 Å². The Morgan fingerprint density at radius 3 is 1.46 bits per heavy atom. The van der Waals surface area contributed by atoms with Crippen molar-refractivity contribution in [3.05, 3.63) is 59.7 Å². The number of amides is 2. The molecule has 0 saturated carbocycles. The Balaban J connectivity index is 1.18. The zero-order chi connectivity index (χ0) is 24.6. The number of carbonyl (C=O) groups excluding carboxylic acids is 4. The monoisotopic (exact) mass is 486 g/mol. The first-order valence-electron chi connectivity index (χ1n) is 10.7. The van der Waals surface area contributed by atoms with E-state index in [-0.39, 0.29) is 26.4 Å². The quantitative estimate of drug-likeness (QED) is 0.420. The summed E-state index contributed by atoms with van der Waals surface area (Å²) in [5, 5.41) is 5.20. The van der Waals surface area contributed by atoms with E-state index in [1.165, 1.54) is 0 Å². The van der Waals surface area contributed by atoms with Gasteiger partial charge in [-0.3, -0.25) is 10.6 Å². The predicted molar refractivity (Wildman–Crippen MR) is 118 cm³/mol. The van der Waals surface area contributed by atoms with Crippen LogP contribution in [0.15, 0.2) is 48.5 Å². The lowest BCUT2D eigenvalue weighted by Gasteiger charge is -2.10. The van der Waals surface area contributed by atoms with Crippen molar-refractivity contribution in [1.82, 2.24) is 0 Å². The van der Waals surface area contributed by atoms with Crippen LogP contribution in [0.5, 0.6) is 0 Å². The smallest absolute Gasteiger partial charge is 0.445 e. The third kappa shape index (κ3) is 7.25. The van der Waals surface area contributed by atoms with Gasteiger partial charge < -0.3 is 28.4 Å². The number of cyclic esters (lactones) is 4. The van der Waals surface area contributed by atoms with Gasteiger partial charge in [-0.1, -0.05) is 24.3 Å². The van der Waals surface area contributed by atoms with Gasteiger partial charge in [-0.25, -0.2) is 19.2 Å². The maximum Gasteiger partial charge on any atom is 0.508 e. The van der Waals surface area contributed by atoms with Gasteiger partial charge in [0, 0.05) is 11.4 Å². The lowest BCUT2D eigenvalue weighted by Crippen LogP contribution is -2.23. The van der Waals surface area contributed by atoms with Crippen LogP contribution in [0, 0.1) is 0 Å². The Kier molecular flexibility index (Phi) is 7.50. The molecule has 0 radical (unpaired) electrons. The molecule has 0 spiro atoms. The summed E-state index contributed by atoms with van der Waals surface area (Å²) in [5.41, 5.74) is 3.12. The number of rotatable bonds is 8. The largest absolute Gasteiger partial charge is 0.508 e. The van der Waals surface area contributed by atoms with Crippen LogP contribution in [0.2, 0.25) is 0 Å². The highest BCUT2D eigenvalue weighted by Crippen LogP contribution is 2.17. The van der Waals surface area contributed by atoms with Crippen molar-refractivity contribution in [2.45, 2.75) is 18.6 Å². The highest BCUT2D eigenvalue weighted by Gasteiger charge is 2.27. The average molecular weight is 486 g/mol. The number of anilines is 2. The highest BCUT2D eigenvalue weighted by atomic mass is 16.8. The molecule has 2 heterocycles. The minimum absolute atomic E-state index is 0.0524. The summed E-state index contributed by atoms with van der Waals surface area (Å²) in [6.45, 7) is -0.0835. The molecule has 2 aromatic rings. The first kappa shape index (κ1) is 23.7. The van der Waals surface area contributed by atoms with Crippen molar-refractivity contribution >= 4 is 35.9 Å². The molecule has 2 amide bonds. The van der Waals surface area contributed by atoms with Crippen molar-refractivity contribution in [2.24, 2.45) is 0 Å². The molecule has 0 aliphatic carbocycles. The number of hydrogen-bond acceptors (Lipinski definition) is 10. The van der Waals surface area contributed by atoms with Gasteiger partial charge in [0.1, 0.15) is 26.4 Å². The van der Waals surface area contributed by atoms with Crippen LogP contribution < -0.4 is 10.6 Å². The number of carbonyl (C=O) groups is 4. The van der Waals surface area contributed by atoms with Gasteiger partial charge in [-0.2, -0.15) is 0 Å². The van der Waals surface area contributed by atoms with E-state index in [1.54, 1.807) is 24.3 Å². The summed E-state index contributed by atoms with van der Waals surface area (Å²) in [7, 11) is 0. The van der Waals surface area contributed by atoms with Gasteiger partial charge in [0.2, 0.25) is 0 Å². The molecular weight excluding hydrogens is 464 g/mol. The van der Waals surface area contributed by atoms with E-state index in [2.05, 4.69) is 20.1 Å². The van der Waals surface area contributed by atoms with Crippen molar-refractivity contribution in [3.63, 3.8) is 0 Å². The molecule has 2 N–H and O–H groups in total. The minimum atomic E-state index is -0.774. The van der Waals surface area contributed by atoms with Crippen LogP contribution in [-0.2, 0) is 34.8 Å². The molecule has 0 bridgehead atoms. The first-order valence-corrected chi connectivity index (χ1v) is 10.7. The molecule has 184 valence electrons. The van der Waals surface area contributed by atoms with Crippen LogP contribution in [-0.4, -0.2) is 63.1 Å². The summed E-state index contributed by atoms with van der Waals surface area (Å²) in [5.74, 6) is 0. The normalized spacial score (nSPS) is 18.5. The fraction of sp³-hybridized carbons (Fsp3) is 0.304. The van der Waals surface area contributed by atoms with Gasteiger partial charge in [0.15, 0.2) is 12.2 Å². The minimum Gasteiger partial charge on any atom is -0.445 e. The Morgan fingerprint density at radius 1 is 0.714 bits per heavy atom. The Hall–Kier alpha value is -4.48. The van der Waals surface area contributed by atoms with Crippen LogP contribution in [0.25, 0.3) is 0 Å². The number of hydrogen-bond donors (Lipinski definition) is 2. The third-order valence-corrected chi connectivity index (χ3v) is 4.91. The summed E-state index contributed by atoms with van der Waals surface area (Å²) in [6, 6.07) is 14.4. The molecule has 35 heavy (non-hydrogen) atoms. The Labute approximate surface area is 199 Å². The fourth-order valence-electron chi connectivity index (χ4n) is 3.19. The lowest BCUT2D eigenvalue weighted by molar-refractivity contribution is 0.0783. The lowest BCUT2D eigenvalue weighted by atomic mass is 10.0. The van der Waals surface area contributed by atoms with Crippen molar-refractivity contribution in [2.75, 3.05) is 37.1 Å². The summed E-state index contributed by atoms with van der Waals surface area (Å²) in [4.78, 5) is 45.4. The van der Waals surface area contributed by atoms with E-state index >= 15 is 0 Å². The van der Waals surface area contributed by atoms with E-state index in [0.29, 0.717) is 17.8 Å². The Bertz CT molecular complexity index is 985. The molecule has 2 aliphatic rings. The van der Waals surface area contributed by atoms with Crippen LogP contribution in [0.1, 0.15) is 11.1 Å². The Morgan fingerprint density at radius 2 is 1.11 bits per heavy atom. The summed E-state index contributed by atoms with van der Waals surface area (Å²) < 4.78 is 28.8. The zero-order valence-corrected chi connectivity index (χ0v) is 18.4.